The molecule has 1 saturated heterocycles. The average Bonchev–Trinajstić information content (AvgIpc) is 2.25. The van der Waals surface area contributed by atoms with Gasteiger partial charge in [0.15, 0.2) is 0 Å². The number of piperidine rings is 1. The SMILES string of the molecule is C[C@H](C#N)N1CCC(CNS(C)(=O)=O)CC1. The second kappa shape index (κ2) is 5.62. The molecule has 16 heavy (non-hydrogen) atoms. The summed E-state index contributed by atoms with van der Waals surface area (Å²) in [5, 5.41) is 8.78. The number of hydrogen-bond donors (Lipinski definition) is 1. The van der Waals surface area contributed by atoms with Crippen LogP contribution in [-0.2, 0) is 10.0 Å². The van der Waals surface area contributed by atoms with Crippen LogP contribution in [0.4, 0.5) is 0 Å². The molecular weight excluding hydrogens is 226 g/mol. The summed E-state index contributed by atoms with van der Waals surface area (Å²) in [5.41, 5.74) is 0. The molecule has 0 unspecified atom stereocenters. The van der Waals surface area contributed by atoms with Gasteiger partial charge in [-0.2, -0.15) is 5.26 Å². The van der Waals surface area contributed by atoms with E-state index in [4.69, 9.17) is 5.26 Å². The molecule has 0 aromatic heterocycles. The van der Waals surface area contributed by atoms with Crippen LogP contribution in [-0.4, -0.2) is 45.2 Å². The standard InChI is InChI=1S/C10H19N3O2S/c1-9(7-11)13-5-3-10(4-6-13)8-12-16(2,14)15/h9-10,12H,3-6,8H2,1-2H3/t9-/m1/s1. The van der Waals surface area contributed by atoms with Crippen molar-refractivity contribution in [1.82, 2.24) is 9.62 Å². The summed E-state index contributed by atoms with van der Waals surface area (Å²) in [6.07, 6.45) is 3.09. The molecule has 0 spiro atoms. The number of sulfonamides is 1. The van der Waals surface area contributed by atoms with Gasteiger partial charge in [0.25, 0.3) is 0 Å². The number of hydrogen-bond acceptors (Lipinski definition) is 4. The number of rotatable bonds is 4. The predicted octanol–water partition coefficient (Wildman–Crippen LogP) is 0.160. The van der Waals surface area contributed by atoms with E-state index in [1.165, 1.54) is 6.26 Å². The highest BCUT2D eigenvalue weighted by Crippen LogP contribution is 2.18. The van der Waals surface area contributed by atoms with Gasteiger partial charge in [0.2, 0.25) is 10.0 Å². The second-order valence-electron chi connectivity index (χ2n) is 4.41. The Hall–Kier alpha value is -0.640. The molecule has 1 atom stereocenters. The lowest BCUT2D eigenvalue weighted by atomic mass is 9.96. The molecule has 1 N–H and O–H groups in total. The van der Waals surface area contributed by atoms with Crippen LogP contribution in [0.2, 0.25) is 0 Å². The van der Waals surface area contributed by atoms with Crippen molar-refractivity contribution in [2.24, 2.45) is 5.92 Å². The van der Waals surface area contributed by atoms with Crippen LogP contribution in [0, 0.1) is 17.2 Å². The molecule has 0 bridgehead atoms. The molecule has 1 aliphatic heterocycles. The van der Waals surface area contributed by atoms with Crippen molar-refractivity contribution in [3.05, 3.63) is 0 Å². The maximum atomic E-state index is 10.9. The highest BCUT2D eigenvalue weighted by molar-refractivity contribution is 7.88. The molecule has 92 valence electrons. The van der Waals surface area contributed by atoms with Gasteiger partial charge in [-0.25, -0.2) is 13.1 Å². The number of nitrogens with zero attached hydrogens (tertiary/aromatic N) is 2. The Balaban J connectivity index is 2.30. The van der Waals surface area contributed by atoms with E-state index in [1.807, 2.05) is 6.92 Å². The Labute approximate surface area is 97.5 Å². The first-order valence-corrected chi connectivity index (χ1v) is 7.40. The summed E-state index contributed by atoms with van der Waals surface area (Å²) in [5.74, 6) is 0.400. The first-order chi connectivity index (χ1) is 7.42. The van der Waals surface area contributed by atoms with Gasteiger partial charge >= 0.3 is 0 Å². The predicted molar refractivity (Wildman–Crippen MR) is 62.2 cm³/mol. The van der Waals surface area contributed by atoms with Crippen LogP contribution in [0.5, 0.6) is 0 Å². The van der Waals surface area contributed by atoms with Crippen LogP contribution < -0.4 is 4.72 Å². The first kappa shape index (κ1) is 13.4. The minimum absolute atomic E-state index is 0.0381. The molecule has 1 fully saturated rings. The van der Waals surface area contributed by atoms with Crippen molar-refractivity contribution in [2.75, 3.05) is 25.9 Å². The van der Waals surface area contributed by atoms with Crippen LogP contribution in [0.3, 0.4) is 0 Å². The Kier molecular flexibility index (Phi) is 4.71. The molecule has 0 aromatic rings. The van der Waals surface area contributed by atoms with Crippen molar-refractivity contribution < 1.29 is 8.42 Å². The topological polar surface area (TPSA) is 73.2 Å². The van der Waals surface area contributed by atoms with E-state index in [9.17, 15) is 8.42 Å². The Morgan fingerprint density at radius 3 is 2.50 bits per heavy atom. The van der Waals surface area contributed by atoms with Gasteiger partial charge in [-0.15, -0.1) is 0 Å². The van der Waals surface area contributed by atoms with E-state index in [1.54, 1.807) is 0 Å². The molecule has 0 aliphatic carbocycles. The molecule has 0 amide bonds. The van der Waals surface area contributed by atoms with Gasteiger partial charge in [-0.1, -0.05) is 0 Å². The summed E-state index contributed by atoms with van der Waals surface area (Å²) in [4.78, 5) is 2.14. The van der Waals surface area contributed by atoms with Crippen molar-refractivity contribution in [3.63, 3.8) is 0 Å². The lowest BCUT2D eigenvalue weighted by Crippen LogP contribution is -2.42. The Morgan fingerprint density at radius 1 is 1.50 bits per heavy atom. The molecule has 6 heteroatoms. The highest BCUT2D eigenvalue weighted by Gasteiger charge is 2.22. The molecular formula is C10H19N3O2S. The summed E-state index contributed by atoms with van der Waals surface area (Å²) < 4.78 is 24.4. The lowest BCUT2D eigenvalue weighted by molar-refractivity contribution is 0.166. The quantitative estimate of drug-likeness (QED) is 0.765. The van der Waals surface area contributed by atoms with Gasteiger partial charge < -0.3 is 0 Å². The van der Waals surface area contributed by atoms with Crippen LogP contribution >= 0.6 is 0 Å². The minimum Gasteiger partial charge on any atom is -0.288 e. The fraction of sp³-hybridized carbons (Fsp3) is 0.900. The maximum Gasteiger partial charge on any atom is 0.208 e. The Morgan fingerprint density at radius 2 is 2.06 bits per heavy atom. The van der Waals surface area contributed by atoms with Crippen LogP contribution in [0.25, 0.3) is 0 Å². The van der Waals surface area contributed by atoms with Crippen molar-refractivity contribution in [3.8, 4) is 6.07 Å². The smallest absolute Gasteiger partial charge is 0.208 e. The average molecular weight is 245 g/mol. The zero-order valence-electron chi connectivity index (χ0n) is 9.81. The molecule has 1 heterocycles. The zero-order valence-corrected chi connectivity index (χ0v) is 10.6. The fourth-order valence-corrected chi connectivity index (χ4v) is 2.43. The first-order valence-electron chi connectivity index (χ1n) is 5.50. The monoisotopic (exact) mass is 245 g/mol. The van der Waals surface area contributed by atoms with Crippen LogP contribution in [0.1, 0.15) is 19.8 Å². The molecule has 1 aliphatic rings. The van der Waals surface area contributed by atoms with Crippen LogP contribution in [0.15, 0.2) is 0 Å². The molecule has 5 nitrogen and oxygen atoms in total. The molecule has 0 radical (unpaired) electrons. The fourth-order valence-electron chi connectivity index (χ4n) is 1.90. The van der Waals surface area contributed by atoms with Gasteiger partial charge in [0.05, 0.1) is 18.4 Å². The molecule has 0 saturated carbocycles. The third-order valence-electron chi connectivity index (χ3n) is 3.02. The van der Waals surface area contributed by atoms with E-state index in [-0.39, 0.29) is 6.04 Å². The summed E-state index contributed by atoms with van der Waals surface area (Å²) in [6, 6.07) is 2.18. The van der Waals surface area contributed by atoms with Gasteiger partial charge in [0.1, 0.15) is 0 Å². The van der Waals surface area contributed by atoms with E-state index in [0.29, 0.717) is 12.5 Å². The normalized spacial score (nSPS) is 21.6. The zero-order chi connectivity index (χ0) is 12.2. The van der Waals surface area contributed by atoms with E-state index in [0.717, 1.165) is 25.9 Å². The number of nitriles is 1. The van der Waals surface area contributed by atoms with E-state index in [2.05, 4.69) is 15.7 Å². The van der Waals surface area contributed by atoms with Gasteiger partial charge in [-0.05, 0) is 38.8 Å². The molecule has 1 rings (SSSR count). The number of nitrogens with one attached hydrogen (secondary N) is 1. The number of likely N-dealkylation sites (tertiary alicyclic amines) is 1. The highest BCUT2D eigenvalue weighted by atomic mass is 32.2. The van der Waals surface area contributed by atoms with Crippen molar-refractivity contribution >= 4 is 10.0 Å². The van der Waals surface area contributed by atoms with E-state index >= 15 is 0 Å². The molecule has 0 aromatic carbocycles. The summed E-state index contributed by atoms with van der Waals surface area (Å²) in [6.45, 7) is 4.18. The van der Waals surface area contributed by atoms with Gasteiger partial charge in [-0.3, -0.25) is 4.90 Å². The summed E-state index contributed by atoms with van der Waals surface area (Å²) in [7, 11) is -3.07. The minimum atomic E-state index is -3.07. The van der Waals surface area contributed by atoms with Crippen molar-refractivity contribution in [2.45, 2.75) is 25.8 Å². The largest absolute Gasteiger partial charge is 0.288 e. The Bertz CT molecular complexity index is 353. The third-order valence-corrected chi connectivity index (χ3v) is 3.71. The lowest BCUT2D eigenvalue weighted by Gasteiger charge is -2.33. The third kappa shape index (κ3) is 4.47. The second-order valence-corrected chi connectivity index (χ2v) is 6.24. The van der Waals surface area contributed by atoms with E-state index < -0.39 is 10.0 Å². The van der Waals surface area contributed by atoms with Crippen molar-refractivity contribution in [1.29, 1.82) is 5.26 Å². The summed E-state index contributed by atoms with van der Waals surface area (Å²) >= 11 is 0. The maximum absolute atomic E-state index is 10.9. The van der Waals surface area contributed by atoms with Gasteiger partial charge in [0, 0.05) is 6.54 Å².